The maximum Gasteiger partial charge on any atom is 0.242 e. The van der Waals surface area contributed by atoms with E-state index in [4.69, 9.17) is 28.9 Å². The maximum atomic E-state index is 12.4. The summed E-state index contributed by atoms with van der Waals surface area (Å²) in [6.07, 6.45) is 1.85. The number of nitrogen functional groups attached to an aromatic ring is 1. The summed E-state index contributed by atoms with van der Waals surface area (Å²) >= 11 is 11.8. The van der Waals surface area contributed by atoms with E-state index in [9.17, 15) is 8.42 Å². The van der Waals surface area contributed by atoms with Crippen molar-refractivity contribution in [2.75, 3.05) is 5.73 Å². The standard InChI is InChI=1S/C13H18Cl2N2O2S/c1-7-3-5-10(8(7)2)17-20(18,19)11-6-4-9(14)13(16)12(11)15/h4,6-8,10,17H,3,5,16H2,1-2H3. The van der Waals surface area contributed by atoms with Crippen LogP contribution >= 0.6 is 23.2 Å². The second-order valence-corrected chi connectivity index (χ2v) is 7.88. The molecule has 0 aliphatic heterocycles. The topological polar surface area (TPSA) is 72.2 Å². The molecule has 0 amide bonds. The van der Waals surface area contributed by atoms with Gasteiger partial charge in [-0.2, -0.15) is 0 Å². The molecule has 3 N–H and O–H groups in total. The average molecular weight is 337 g/mol. The number of halogens is 2. The van der Waals surface area contributed by atoms with Crippen LogP contribution in [0, 0.1) is 11.8 Å². The van der Waals surface area contributed by atoms with Crippen LogP contribution in [-0.4, -0.2) is 14.5 Å². The number of nitrogens with one attached hydrogen (secondary N) is 1. The van der Waals surface area contributed by atoms with E-state index < -0.39 is 10.0 Å². The zero-order valence-corrected chi connectivity index (χ0v) is 13.7. The normalized spacial score (nSPS) is 26.9. The van der Waals surface area contributed by atoms with Crippen LogP contribution in [0.4, 0.5) is 5.69 Å². The Labute approximate surface area is 129 Å². The van der Waals surface area contributed by atoms with Gasteiger partial charge in [-0.05, 0) is 36.8 Å². The first-order valence-electron chi connectivity index (χ1n) is 6.50. The molecule has 1 aromatic rings. The number of sulfonamides is 1. The first kappa shape index (κ1) is 15.9. The Balaban J connectivity index is 2.30. The Hall–Kier alpha value is -0.490. The highest BCUT2D eigenvalue weighted by atomic mass is 35.5. The molecule has 1 aromatic carbocycles. The summed E-state index contributed by atoms with van der Waals surface area (Å²) in [6, 6.07) is 2.76. The third-order valence-corrected chi connectivity index (χ3v) is 6.53. The predicted molar refractivity (Wildman–Crippen MR) is 82.5 cm³/mol. The number of benzene rings is 1. The van der Waals surface area contributed by atoms with Crippen molar-refractivity contribution in [1.82, 2.24) is 4.72 Å². The van der Waals surface area contributed by atoms with Crippen LogP contribution in [0.2, 0.25) is 10.0 Å². The first-order chi connectivity index (χ1) is 9.24. The van der Waals surface area contributed by atoms with Crippen LogP contribution in [0.5, 0.6) is 0 Å². The number of rotatable bonds is 3. The predicted octanol–water partition coefficient (Wildman–Crippen LogP) is 3.29. The van der Waals surface area contributed by atoms with Gasteiger partial charge in [0, 0.05) is 6.04 Å². The molecule has 0 aromatic heterocycles. The van der Waals surface area contributed by atoms with Crippen LogP contribution in [-0.2, 0) is 10.0 Å². The highest BCUT2D eigenvalue weighted by Gasteiger charge is 2.33. The number of anilines is 1. The zero-order chi connectivity index (χ0) is 15.1. The molecule has 3 unspecified atom stereocenters. The Morgan fingerprint density at radius 2 is 1.90 bits per heavy atom. The van der Waals surface area contributed by atoms with Gasteiger partial charge in [-0.1, -0.05) is 37.0 Å². The lowest BCUT2D eigenvalue weighted by molar-refractivity contribution is 0.402. The van der Waals surface area contributed by atoms with E-state index in [1.165, 1.54) is 12.1 Å². The number of hydrogen-bond acceptors (Lipinski definition) is 3. The summed E-state index contributed by atoms with van der Waals surface area (Å²) in [4.78, 5) is -0.0205. The van der Waals surface area contributed by atoms with Crippen molar-refractivity contribution in [1.29, 1.82) is 0 Å². The van der Waals surface area contributed by atoms with E-state index in [0.29, 0.717) is 11.8 Å². The number of hydrogen-bond donors (Lipinski definition) is 2. The van der Waals surface area contributed by atoms with E-state index in [1.54, 1.807) is 0 Å². The maximum absolute atomic E-state index is 12.4. The SMILES string of the molecule is CC1CCC(NS(=O)(=O)c2ccc(Cl)c(N)c2Cl)C1C. The number of nitrogens with two attached hydrogens (primary N) is 1. The quantitative estimate of drug-likeness (QED) is 0.832. The van der Waals surface area contributed by atoms with Crippen molar-refractivity contribution in [3.63, 3.8) is 0 Å². The molecule has 20 heavy (non-hydrogen) atoms. The van der Waals surface area contributed by atoms with E-state index in [2.05, 4.69) is 18.6 Å². The monoisotopic (exact) mass is 336 g/mol. The smallest absolute Gasteiger partial charge is 0.242 e. The summed E-state index contributed by atoms with van der Waals surface area (Å²) in [5.74, 6) is 0.807. The molecular formula is C13H18Cl2N2O2S. The third kappa shape index (κ3) is 2.91. The molecule has 0 heterocycles. The Morgan fingerprint density at radius 3 is 2.45 bits per heavy atom. The lowest BCUT2D eigenvalue weighted by Crippen LogP contribution is -2.37. The molecular weight excluding hydrogens is 319 g/mol. The van der Waals surface area contributed by atoms with Crippen molar-refractivity contribution in [2.45, 2.75) is 37.6 Å². The van der Waals surface area contributed by atoms with Gasteiger partial charge in [0.25, 0.3) is 0 Å². The Morgan fingerprint density at radius 1 is 1.25 bits per heavy atom. The summed E-state index contributed by atoms with van der Waals surface area (Å²) < 4.78 is 27.6. The van der Waals surface area contributed by atoms with Gasteiger partial charge >= 0.3 is 0 Å². The van der Waals surface area contributed by atoms with Gasteiger partial charge in [0.15, 0.2) is 0 Å². The van der Waals surface area contributed by atoms with Crippen LogP contribution < -0.4 is 10.5 Å². The molecule has 2 rings (SSSR count). The molecule has 0 saturated heterocycles. The Bertz CT molecular complexity index is 619. The molecule has 1 fully saturated rings. The van der Waals surface area contributed by atoms with Gasteiger partial charge in [0.05, 0.1) is 15.7 Å². The molecule has 4 nitrogen and oxygen atoms in total. The lowest BCUT2D eigenvalue weighted by atomic mass is 9.98. The summed E-state index contributed by atoms with van der Waals surface area (Å²) in [6.45, 7) is 4.19. The second kappa shape index (κ2) is 5.72. The average Bonchev–Trinajstić information content (AvgIpc) is 2.67. The summed E-state index contributed by atoms with van der Waals surface area (Å²) in [5.41, 5.74) is 5.77. The van der Waals surface area contributed by atoms with Crippen LogP contribution in [0.25, 0.3) is 0 Å². The molecule has 0 bridgehead atoms. The first-order valence-corrected chi connectivity index (χ1v) is 8.73. The largest absolute Gasteiger partial charge is 0.396 e. The highest BCUT2D eigenvalue weighted by molar-refractivity contribution is 7.89. The van der Waals surface area contributed by atoms with Crippen molar-refractivity contribution < 1.29 is 8.42 Å². The van der Waals surface area contributed by atoms with E-state index in [1.807, 2.05) is 0 Å². The lowest BCUT2D eigenvalue weighted by Gasteiger charge is -2.20. The van der Waals surface area contributed by atoms with E-state index in [-0.39, 0.29) is 26.7 Å². The van der Waals surface area contributed by atoms with Gasteiger partial charge in [0.1, 0.15) is 4.90 Å². The molecule has 3 atom stereocenters. The van der Waals surface area contributed by atoms with Gasteiger partial charge in [-0.3, -0.25) is 0 Å². The fourth-order valence-electron chi connectivity index (χ4n) is 2.55. The molecule has 1 aliphatic rings. The summed E-state index contributed by atoms with van der Waals surface area (Å²) in [7, 11) is -3.69. The van der Waals surface area contributed by atoms with E-state index >= 15 is 0 Å². The third-order valence-electron chi connectivity index (χ3n) is 4.15. The molecule has 0 radical (unpaired) electrons. The van der Waals surface area contributed by atoms with Gasteiger partial charge < -0.3 is 5.73 Å². The van der Waals surface area contributed by atoms with Crippen LogP contribution in [0.3, 0.4) is 0 Å². The second-order valence-electron chi connectivity index (χ2n) is 5.41. The molecule has 1 saturated carbocycles. The van der Waals surface area contributed by atoms with Crippen LogP contribution in [0.15, 0.2) is 17.0 Å². The highest BCUT2D eigenvalue weighted by Crippen LogP contribution is 2.35. The van der Waals surface area contributed by atoms with Crippen molar-refractivity contribution in [3.05, 3.63) is 22.2 Å². The van der Waals surface area contributed by atoms with Gasteiger partial charge in [0.2, 0.25) is 10.0 Å². The molecule has 7 heteroatoms. The minimum absolute atomic E-state index is 0.0205. The van der Waals surface area contributed by atoms with Gasteiger partial charge in [-0.25, -0.2) is 13.1 Å². The van der Waals surface area contributed by atoms with E-state index in [0.717, 1.165) is 12.8 Å². The molecule has 112 valence electrons. The van der Waals surface area contributed by atoms with Crippen molar-refractivity contribution in [3.8, 4) is 0 Å². The molecule has 1 aliphatic carbocycles. The van der Waals surface area contributed by atoms with Gasteiger partial charge in [-0.15, -0.1) is 0 Å². The fourth-order valence-corrected chi connectivity index (χ4v) is 4.68. The minimum Gasteiger partial charge on any atom is -0.396 e. The Kier molecular flexibility index (Phi) is 4.54. The summed E-state index contributed by atoms with van der Waals surface area (Å²) in [5, 5.41) is 0.223. The molecule has 0 spiro atoms. The minimum atomic E-state index is -3.69. The zero-order valence-electron chi connectivity index (χ0n) is 11.4. The van der Waals surface area contributed by atoms with Crippen LogP contribution in [0.1, 0.15) is 26.7 Å². The fraction of sp³-hybridized carbons (Fsp3) is 0.538. The van der Waals surface area contributed by atoms with Crippen molar-refractivity contribution >= 4 is 38.9 Å². The van der Waals surface area contributed by atoms with Crippen molar-refractivity contribution in [2.24, 2.45) is 11.8 Å².